The van der Waals surface area contributed by atoms with Gasteiger partial charge in [0.2, 0.25) is 0 Å². The van der Waals surface area contributed by atoms with Crippen LogP contribution in [0.15, 0.2) is 29.2 Å². The van der Waals surface area contributed by atoms with Crippen molar-refractivity contribution >= 4 is 10.1 Å². The summed E-state index contributed by atoms with van der Waals surface area (Å²) in [6.07, 6.45) is -10.3. The molecule has 126 valence electrons. The molecule has 10 heteroatoms. The predicted molar refractivity (Wildman–Crippen MR) is 65.9 cm³/mol. The van der Waals surface area contributed by atoms with Crippen molar-refractivity contribution in [2.75, 3.05) is 6.61 Å². The van der Waals surface area contributed by atoms with Gasteiger partial charge >= 0.3 is 12.1 Å². The summed E-state index contributed by atoms with van der Waals surface area (Å²) in [6, 6.07) is 4.71. The van der Waals surface area contributed by atoms with Gasteiger partial charge in [0.25, 0.3) is 10.1 Å². The molecule has 0 aliphatic rings. The number of benzene rings is 1. The summed E-state index contributed by atoms with van der Waals surface area (Å²) >= 11 is 0. The molecule has 0 saturated carbocycles. The predicted octanol–water partition coefficient (Wildman–Crippen LogP) is 2.65. The summed E-state index contributed by atoms with van der Waals surface area (Å²) in [5, 5.41) is 8.59. The molecule has 1 atom stereocenters. The van der Waals surface area contributed by atoms with Crippen LogP contribution >= 0.6 is 0 Å². The van der Waals surface area contributed by atoms with Gasteiger partial charge < -0.3 is 5.11 Å². The SMILES string of the molecule is Cc1ccc(S(=O)(=O)OC(CCO)C(F)(F)C(F)(F)F)cc1. The van der Waals surface area contributed by atoms with Gasteiger partial charge in [0, 0.05) is 13.0 Å². The molecule has 0 saturated heterocycles. The van der Waals surface area contributed by atoms with Crippen LogP contribution < -0.4 is 0 Å². The molecule has 0 bridgehead atoms. The molecule has 1 aromatic rings. The van der Waals surface area contributed by atoms with Crippen LogP contribution in [0.3, 0.4) is 0 Å². The smallest absolute Gasteiger partial charge is 0.396 e. The van der Waals surface area contributed by atoms with E-state index in [0.29, 0.717) is 5.56 Å². The Balaban J connectivity index is 3.12. The Morgan fingerprint density at radius 1 is 1.14 bits per heavy atom. The molecule has 0 heterocycles. The minimum absolute atomic E-state index is 0.556. The van der Waals surface area contributed by atoms with Crippen LogP contribution in [0.5, 0.6) is 0 Å². The van der Waals surface area contributed by atoms with Crippen molar-refractivity contribution in [1.29, 1.82) is 0 Å². The Morgan fingerprint density at radius 2 is 1.64 bits per heavy atom. The van der Waals surface area contributed by atoms with E-state index in [9.17, 15) is 30.4 Å². The fourth-order valence-corrected chi connectivity index (χ4v) is 2.61. The summed E-state index contributed by atoms with van der Waals surface area (Å²) in [7, 11) is -4.83. The second-order valence-corrected chi connectivity index (χ2v) is 6.06. The number of hydrogen-bond donors (Lipinski definition) is 1. The van der Waals surface area contributed by atoms with Crippen LogP contribution in [-0.2, 0) is 14.3 Å². The molecule has 0 aromatic heterocycles. The maximum Gasteiger partial charge on any atom is 0.456 e. The molecule has 0 amide bonds. The van der Waals surface area contributed by atoms with Gasteiger partial charge in [-0.05, 0) is 19.1 Å². The van der Waals surface area contributed by atoms with Crippen molar-refractivity contribution in [2.24, 2.45) is 0 Å². The summed E-state index contributed by atoms with van der Waals surface area (Å²) in [5.41, 5.74) is 0.659. The van der Waals surface area contributed by atoms with Crippen molar-refractivity contribution in [2.45, 2.75) is 36.4 Å². The van der Waals surface area contributed by atoms with Gasteiger partial charge in [-0.15, -0.1) is 0 Å². The molecule has 0 spiro atoms. The van der Waals surface area contributed by atoms with Crippen molar-refractivity contribution in [3.8, 4) is 0 Å². The van der Waals surface area contributed by atoms with Crippen LogP contribution in [0.2, 0.25) is 0 Å². The maximum atomic E-state index is 13.3. The van der Waals surface area contributed by atoms with Gasteiger partial charge in [0.1, 0.15) is 0 Å². The zero-order chi connectivity index (χ0) is 17.2. The fourth-order valence-electron chi connectivity index (χ4n) is 1.50. The van der Waals surface area contributed by atoms with E-state index in [1.807, 2.05) is 0 Å². The summed E-state index contributed by atoms with van der Waals surface area (Å²) in [5.74, 6) is -5.42. The third-order valence-corrected chi connectivity index (χ3v) is 4.06. The number of alkyl halides is 5. The zero-order valence-electron chi connectivity index (χ0n) is 11.3. The van der Waals surface area contributed by atoms with Crippen LogP contribution in [0.1, 0.15) is 12.0 Å². The van der Waals surface area contributed by atoms with E-state index in [1.54, 1.807) is 6.92 Å². The number of aliphatic hydroxyl groups is 1. The lowest BCUT2D eigenvalue weighted by atomic mass is 10.1. The van der Waals surface area contributed by atoms with Gasteiger partial charge in [-0.3, -0.25) is 4.18 Å². The van der Waals surface area contributed by atoms with Crippen molar-refractivity contribution in [3.05, 3.63) is 29.8 Å². The van der Waals surface area contributed by atoms with Crippen molar-refractivity contribution in [3.63, 3.8) is 0 Å². The lowest BCUT2D eigenvalue weighted by Crippen LogP contribution is -2.49. The van der Waals surface area contributed by atoms with Crippen LogP contribution in [0, 0.1) is 6.92 Å². The van der Waals surface area contributed by atoms with Crippen molar-refractivity contribution < 1.29 is 39.7 Å². The number of aliphatic hydroxyl groups excluding tert-OH is 1. The summed E-state index contributed by atoms with van der Waals surface area (Å²) < 4.78 is 91.2. The minimum Gasteiger partial charge on any atom is -0.396 e. The van der Waals surface area contributed by atoms with Crippen molar-refractivity contribution in [1.82, 2.24) is 0 Å². The molecule has 4 nitrogen and oxygen atoms in total. The van der Waals surface area contributed by atoms with Crippen LogP contribution in [0.4, 0.5) is 22.0 Å². The summed E-state index contributed by atoms with van der Waals surface area (Å²) in [4.78, 5) is -0.556. The Labute approximate surface area is 123 Å². The first-order valence-electron chi connectivity index (χ1n) is 5.97. The van der Waals surface area contributed by atoms with E-state index in [-0.39, 0.29) is 0 Å². The summed E-state index contributed by atoms with van der Waals surface area (Å²) in [6.45, 7) is 0.531. The lowest BCUT2D eigenvalue weighted by molar-refractivity contribution is -0.309. The number of halogens is 5. The molecular weight excluding hydrogens is 335 g/mol. The number of hydrogen-bond acceptors (Lipinski definition) is 4. The highest BCUT2D eigenvalue weighted by atomic mass is 32.2. The molecule has 0 radical (unpaired) electrons. The number of rotatable bonds is 6. The quantitative estimate of drug-likeness (QED) is 0.634. The molecule has 1 N–H and O–H groups in total. The average molecular weight is 348 g/mol. The topological polar surface area (TPSA) is 63.6 Å². The second-order valence-electron chi connectivity index (χ2n) is 4.49. The number of aryl methyl sites for hydroxylation is 1. The molecule has 1 rings (SSSR count). The van der Waals surface area contributed by atoms with E-state index in [0.717, 1.165) is 12.1 Å². The first-order valence-corrected chi connectivity index (χ1v) is 7.38. The Kier molecular flexibility index (Phi) is 5.52. The maximum absolute atomic E-state index is 13.3. The van der Waals surface area contributed by atoms with Gasteiger partial charge in [-0.1, -0.05) is 17.7 Å². The minimum atomic E-state index is -6.00. The molecule has 0 aliphatic heterocycles. The largest absolute Gasteiger partial charge is 0.456 e. The Hall–Kier alpha value is -1.26. The van der Waals surface area contributed by atoms with Gasteiger partial charge in [-0.2, -0.15) is 30.4 Å². The molecule has 0 fully saturated rings. The highest BCUT2D eigenvalue weighted by Crippen LogP contribution is 2.41. The highest BCUT2D eigenvalue weighted by Gasteiger charge is 2.63. The molecular formula is C12H13F5O4S. The molecule has 1 unspecified atom stereocenters. The Bertz CT molecular complexity index is 595. The van der Waals surface area contributed by atoms with Gasteiger partial charge in [0.15, 0.2) is 6.10 Å². The third-order valence-electron chi connectivity index (χ3n) is 2.73. The van der Waals surface area contributed by atoms with E-state index in [1.165, 1.54) is 12.1 Å². The van der Waals surface area contributed by atoms with E-state index in [2.05, 4.69) is 4.18 Å². The Morgan fingerprint density at radius 3 is 2.05 bits per heavy atom. The fraction of sp³-hybridized carbons (Fsp3) is 0.500. The normalized spacial score (nSPS) is 14.9. The zero-order valence-corrected chi connectivity index (χ0v) is 12.1. The molecule has 0 aliphatic carbocycles. The lowest BCUT2D eigenvalue weighted by Gasteiger charge is -2.27. The van der Waals surface area contributed by atoms with Crippen LogP contribution in [-0.4, -0.2) is 38.3 Å². The first kappa shape index (κ1) is 18.8. The third kappa shape index (κ3) is 4.14. The average Bonchev–Trinajstić information content (AvgIpc) is 2.37. The monoisotopic (exact) mass is 348 g/mol. The van der Waals surface area contributed by atoms with Gasteiger partial charge in [0.05, 0.1) is 4.90 Å². The molecule has 1 aromatic carbocycles. The standard InChI is InChI=1S/C12H13F5O4S/c1-8-2-4-9(5-3-8)22(19,20)21-10(6-7-18)11(13,14)12(15,16)17/h2-5,10,18H,6-7H2,1H3. The second kappa shape index (κ2) is 6.47. The van der Waals surface area contributed by atoms with E-state index in [4.69, 9.17) is 5.11 Å². The van der Waals surface area contributed by atoms with Gasteiger partial charge in [-0.25, -0.2) is 0 Å². The van der Waals surface area contributed by atoms with E-state index < -0.39 is 46.2 Å². The van der Waals surface area contributed by atoms with Crippen LogP contribution in [0.25, 0.3) is 0 Å². The molecule has 22 heavy (non-hydrogen) atoms. The van der Waals surface area contributed by atoms with E-state index >= 15 is 0 Å². The first-order chi connectivity index (χ1) is 9.91. The highest BCUT2D eigenvalue weighted by molar-refractivity contribution is 7.86.